The van der Waals surface area contributed by atoms with Gasteiger partial charge in [0.05, 0.1) is 11.1 Å². The summed E-state index contributed by atoms with van der Waals surface area (Å²) in [5, 5.41) is 3.53. The van der Waals surface area contributed by atoms with Crippen molar-refractivity contribution in [2.75, 3.05) is 32.4 Å². The van der Waals surface area contributed by atoms with Crippen LogP contribution in [0.4, 0.5) is 0 Å². The van der Waals surface area contributed by atoms with E-state index in [1.54, 1.807) is 24.3 Å². The van der Waals surface area contributed by atoms with Crippen molar-refractivity contribution < 1.29 is 22.8 Å². The maximum atomic E-state index is 12.2. The van der Waals surface area contributed by atoms with Crippen molar-refractivity contribution >= 4 is 27.7 Å². The molecule has 0 N–H and O–H groups in total. The standard InChI is InChI=1S/C24H42N2O3S.C8H11NO2/c1-6-11-24(27)26(17-8-3)19-10-9-18-25(16-7-2)21(4)20-22-12-14-23(15-13-22)30(5,28)29;1-6(2)8(10)7-4-3-5-9-11-7/h12-15,21H,6-11,16-20H2,1-5H3;3-7H,1-2H3. The van der Waals surface area contributed by atoms with Crippen LogP contribution in [0.5, 0.6) is 0 Å². The molecule has 0 radical (unpaired) electrons. The van der Waals surface area contributed by atoms with Crippen LogP contribution in [0.25, 0.3) is 0 Å². The molecule has 1 heterocycles. The van der Waals surface area contributed by atoms with E-state index in [1.165, 1.54) is 12.5 Å². The van der Waals surface area contributed by atoms with Crippen LogP contribution in [0.15, 0.2) is 46.5 Å². The molecule has 0 aliphatic carbocycles. The van der Waals surface area contributed by atoms with E-state index in [4.69, 9.17) is 4.84 Å². The van der Waals surface area contributed by atoms with Gasteiger partial charge < -0.3 is 14.6 Å². The number of sulfone groups is 1. The lowest BCUT2D eigenvalue weighted by Gasteiger charge is -2.29. The second-order valence-electron chi connectivity index (χ2n) is 11.1. The first-order valence-corrected chi connectivity index (χ1v) is 17.0. The minimum atomic E-state index is -3.15. The lowest BCUT2D eigenvalue weighted by Crippen LogP contribution is -2.37. The van der Waals surface area contributed by atoms with Crippen LogP contribution in [-0.2, 0) is 30.7 Å². The van der Waals surface area contributed by atoms with Crippen LogP contribution in [-0.4, -0.2) is 80.7 Å². The number of Topliss-reactive ketones (excluding diaryl/α,β-unsaturated/α-hetero) is 1. The number of ketones is 1. The molecule has 0 fully saturated rings. The van der Waals surface area contributed by atoms with Gasteiger partial charge in [-0.15, -0.1) is 0 Å². The quantitative estimate of drug-likeness (QED) is 0.216. The van der Waals surface area contributed by atoms with Crippen molar-refractivity contribution in [3.05, 3.63) is 42.0 Å². The molecule has 2 atom stereocenters. The fourth-order valence-corrected chi connectivity index (χ4v) is 5.23. The van der Waals surface area contributed by atoms with Gasteiger partial charge in [0.2, 0.25) is 12.0 Å². The average Bonchev–Trinajstić information content (AvgIpc) is 2.94. The monoisotopic (exact) mass is 591 g/mol. The number of unbranched alkanes of at least 4 members (excludes halogenated alkanes) is 1. The molecule has 0 bridgehead atoms. The summed E-state index contributed by atoms with van der Waals surface area (Å²) in [7, 11) is -3.15. The Bertz CT molecular complexity index is 1070. The minimum absolute atomic E-state index is 0.00190. The second-order valence-corrected chi connectivity index (χ2v) is 13.1. The molecule has 232 valence electrons. The molecule has 0 saturated carbocycles. The third-order valence-electron chi connectivity index (χ3n) is 6.91. The van der Waals surface area contributed by atoms with E-state index in [9.17, 15) is 18.0 Å². The summed E-state index contributed by atoms with van der Waals surface area (Å²) < 4.78 is 23.3. The zero-order valence-corrected chi connectivity index (χ0v) is 27.2. The van der Waals surface area contributed by atoms with Crippen molar-refractivity contribution in [1.29, 1.82) is 0 Å². The normalized spacial score (nSPS) is 15.3. The number of carbonyl (C=O) groups is 2. The van der Waals surface area contributed by atoms with Gasteiger partial charge in [-0.2, -0.15) is 0 Å². The van der Waals surface area contributed by atoms with E-state index in [1.807, 2.05) is 30.9 Å². The van der Waals surface area contributed by atoms with E-state index in [-0.39, 0.29) is 17.6 Å². The highest BCUT2D eigenvalue weighted by Crippen LogP contribution is 2.15. The van der Waals surface area contributed by atoms with Gasteiger partial charge in [-0.1, -0.05) is 51.9 Å². The van der Waals surface area contributed by atoms with E-state index in [0.717, 1.165) is 70.3 Å². The van der Waals surface area contributed by atoms with Gasteiger partial charge in [0, 0.05) is 37.7 Å². The molecule has 0 aromatic heterocycles. The Balaban J connectivity index is 0.000000634. The SMILES string of the molecule is CC(C)C(=O)C1C=CC=NO1.CCCC(=O)N(CCC)CCCCN(CCC)C(C)Cc1ccc(S(C)(=O)=O)cc1. The summed E-state index contributed by atoms with van der Waals surface area (Å²) >= 11 is 0. The number of nitrogens with zero attached hydrogens (tertiary/aromatic N) is 3. The maximum Gasteiger partial charge on any atom is 0.222 e. The van der Waals surface area contributed by atoms with Gasteiger partial charge in [-0.05, 0) is 88.4 Å². The molecule has 1 aliphatic heterocycles. The Morgan fingerprint density at radius 1 is 0.927 bits per heavy atom. The maximum absolute atomic E-state index is 12.2. The van der Waals surface area contributed by atoms with Gasteiger partial charge in [0.15, 0.2) is 15.6 Å². The molecular weight excluding hydrogens is 538 g/mol. The Labute approximate surface area is 249 Å². The average molecular weight is 592 g/mol. The first kappa shape index (κ1) is 36.5. The molecule has 0 spiro atoms. The van der Waals surface area contributed by atoms with Crippen molar-refractivity contribution in [2.24, 2.45) is 11.1 Å². The summed E-state index contributed by atoms with van der Waals surface area (Å²) in [4.78, 5) is 33.2. The highest BCUT2D eigenvalue weighted by atomic mass is 32.2. The molecule has 0 saturated heterocycles. The van der Waals surface area contributed by atoms with Crippen LogP contribution in [0.1, 0.15) is 85.6 Å². The third-order valence-corrected chi connectivity index (χ3v) is 8.04. The second kappa shape index (κ2) is 19.6. The summed E-state index contributed by atoms with van der Waals surface area (Å²) in [6.07, 6.45) is 12.4. The number of hydrogen-bond donors (Lipinski definition) is 0. The van der Waals surface area contributed by atoms with Gasteiger partial charge in [-0.25, -0.2) is 8.42 Å². The van der Waals surface area contributed by atoms with Crippen LogP contribution >= 0.6 is 0 Å². The smallest absolute Gasteiger partial charge is 0.222 e. The number of oxime groups is 1. The number of rotatable bonds is 17. The van der Waals surface area contributed by atoms with Crippen molar-refractivity contribution in [2.45, 2.75) is 104 Å². The van der Waals surface area contributed by atoms with Gasteiger partial charge >= 0.3 is 0 Å². The number of benzene rings is 1. The Morgan fingerprint density at radius 2 is 1.56 bits per heavy atom. The van der Waals surface area contributed by atoms with Crippen LogP contribution in [0.3, 0.4) is 0 Å². The lowest BCUT2D eigenvalue weighted by molar-refractivity contribution is -0.131. The molecule has 1 amide bonds. The Hall–Kier alpha value is -2.52. The van der Waals surface area contributed by atoms with E-state index >= 15 is 0 Å². The van der Waals surface area contributed by atoms with E-state index in [2.05, 4.69) is 37.8 Å². The minimum Gasteiger partial charge on any atom is -0.380 e. The molecule has 1 aromatic rings. The van der Waals surface area contributed by atoms with Crippen molar-refractivity contribution in [1.82, 2.24) is 9.80 Å². The van der Waals surface area contributed by atoms with Gasteiger partial charge in [0.25, 0.3) is 0 Å². The summed E-state index contributed by atoms with van der Waals surface area (Å²) in [5.74, 6) is 0.353. The summed E-state index contributed by atoms with van der Waals surface area (Å²) in [6, 6.07) is 7.66. The summed E-state index contributed by atoms with van der Waals surface area (Å²) in [5.41, 5.74) is 1.16. The third kappa shape index (κ3) is 14.3. The fraction of sp³-hybridized carbons (Fsp3) is 0.656. The molecule has 9 heteroatoms. The highest BCUT2D eigenvalue weighted by Gasteiger charge is 2.21. The Morgan fingerprint density at radius 3 is 2.07 bits per heavy atom. The first-order valence-electron chi connectivity index (χ1n) is 15.1. The van der Waals surface area contributed by atoms with E-state index < -0.39 is 15.9 Å². The number of amides is 1. The molecule has 1 aromatic carbocycles. The molecular formula is C32H53N3O5S. The molecule has 2 unspecified atom stereocenters. The number of allylic oxidation sites excluding steroid dienone is 1. The predicted molar refractivity (Wildman–Crippen MR) is 168 cm³/mol. The molecule has 1 aliphatic rings. The van der Waals surface area contributed by atoms with Crippen LogP contribution < -0.4 is 0 Å². The summed E-state index contributed by atoms with van der Waals surface area (Å²) in [6.45, 7) is 16.1. The predicted octanol–water partition coefficient (Wildman–Crippen LogP) is 5.70. The van der Waals surface area contributed by atoms with Crippen LogP contribution in [0, 0.1) is 5.92 Å². The number of hydrogen-bond acceptors (Lipinski definition) is 7. The van der Waals surface area contributed by atoms with E-state index in [0.29, 0.717) is 17.4 Å². The highest BCUT2D eigenvalue weighted by molar-refractivity contribution is 7.90. The lowest BCUT2D eigenvalue weighted by atomic mass is 10.0. The zero-order valence-electron chi connectivity index (χ0n) is 26.3. The molecule has 8 nitrogen and oxygen atoms in total. The Kier molecular flexibility index (Phi) is 17.4. The molecule has 41 heavy (non-hydrogen) atoms. The molecule has 2 rings (SSSR count). The number of carbonyl (C=O) groups excluding carboxylic acids is 2. The van der Waals surface area contributed by atoms with Gasteiger partial charge in [-0.3, -0.25) is 9.59 Å². The zero-order chi connectivity index (χ0) is 30.8. The first-order chi connectivity index (χ1) is 19.4. The fourth-order valence-electron chi connectivity index (χ4n) is 4.60. The van der Waals surface area contributed by atoms with Crippen LogP contribution in [0.2, 0.25) is 0 Å². The largest absolute Gasteiger partial charge is 0.380 e. The van der Waals surface area contributed by atoms with Crippen molar-refractivity contribution in [3.8, 4) is 0 Å². The van der Waals surface area contributed by atoms with Gasteiger partial charge in [0.1, 0.15) is 0 Å². The topological polar surface area (TPSA) is 96.3 Å². The van der Waals surface area contributed by atoms with Crippen molar-refractivity contribution in [3.63, 3.8) is 0 Å².